The molecule has 4 nitrogen and oxygen atoms in total. The average molecular weight is 273 g/mol. The molecule has 1 fully saturated rings. The van der Waals surface area contributed by atoms with Gasteiger partial charge in [0.05, 0.1) is 11.9 Å². The van der Waals surface area contributed by atoms with Gasteiger partial charge in [-0.25, -0.2) is 17.9 Å². The van der Waals surface area contributed by atoms with Crippen molar-refractivity contribution in [2.45, 2.75) is 18.1 Å². The minimum atomic E-state index is -3.58. The van der Waals surface area contributed by atoms with E-state index >= 15 is 0 Å². The third-order valence-corrected chi connectivity index (χ3v) is 4.68. The molecule has 2 N–H and O–H groups in total. The Kier molecular flexibility index (Phi) is 3.99. The third kappa shape index (κ3) is 3.28. The first-order chi connectivity index (χ1) is 8.47. The molecule has 0 aromatic heterocycles. The Hall–Kier alpha value is -0.980. The smallest absolute Gasteiger partial charge is 0.212 e. The van der Waals surface area contributed by atoms with Gasteiger partial charge in [-0.3, -0.25) is 0 Å². The average Bonchev–Trinajstić information content (AvgIpc) is 2.28. The van der Waals surface area contributed by atoms with Crippen molar-refractivity contribution in [2.24, 2.45) is 11.1 Å². The number of rotatable bonds is 3. The van der Waals surface area contributed by atoms with Crippen molar-refractivity contribution in [3.8, 4) is 0 Å². The molecule has 1 heterocycles. The second-order valence-electron chi connectivity index (χ2n) is 4.59. The first kappa shape index (κ1) is 13.5. The molecule has 0 radical (unpaired) electrons. The van der Waals surface area contributed by atoms with Gasteiger partial charge in [0, 0.05) is 12.5 Å². The summed E-state index contributed by atoms with van der Waals surface area (Å²) in [6.07, 6.45) is 0.859. The van der Waals surface area contributed by atoms with Crippen LogP contribution < -0.4 is 5.14 Å². The van der Waals surface area contributed by atoms with Gasteiger partial charge < -0.3 is 4.74 Å². The third-order valence-electron chi connectivity index (χ3n) is 3.21. The van der Waals surface area contributed by atoms with Gasteiger partial charge in [-0.1, -0.05) is 12.1 Å². The van der Waals surface area contributed by atoms with Crippen LogP contribution in [0.1, 0.15) is 12.0 Å². The molecule has 0 saturated carbocycles. The number of hydrogen-bond acceptors (Lipinski definition) is 3. The van der Waals surface area contributed by atoms with Gasteiger partial charge in [0.15, 0.2) is 0 Å². The number of sulfonamides is 1. The lowest BCUT2D eigenvalue weighted by atomic mass is 9.93. The molecule has 1 aliphatic heterocycles. The highest BCUT2D eigenvalue weighted by atomic mass is 32.2. The molecule has 0 bridgehead atoms. The van der Waals surface area contributed by atoms with E-state index in [0.29, 0.717) is 26.1 Å². The van der Waals surface area contributed by atoms with E-state index in [1.54, 1.807) is 12.1 Å². The highest BCUT2D eigenvalue weighted by Gasteiger charge is 2.33. The van der Waals surface area contributed by atoms with E-state index in [0.717, 1.165) is 5.56 Å². The van der Waals surface area contributed by atoms with E-state index in [-0.39, 0.29) is 11.7 Å². The van der Waals surface area contributed by atoms with Gasteiger partial charge in [0.2, 0.25) is 10.0 Å². The van der Waals surface area contributed by atoms with Gasteiger partial charge >= 0.3 is 0 Å². The van der Waals surface area contributed by atoms with Crippen LogP contribution in [0.4, 0.5) is 4.39 Å². The Bertz CT molecular complexity index is 518. The molecule has 1 aliphatic rings. The Morgan fingerprint density at radius 2 is 2.22 bits per heavy atom. The summed E-state index contributed by atoms with van der Waals surface area (Å²) in [4.78, 5) is 0. The van der Waals surface area contributed by atoms with Crippen molar-refractivity contribution >= 4 is 10.0 Å². The quantitative estimate of drug-likeness (QED) is 0.895. The summed E-state index contributed by atoms with van der Waals surface area (Å²) in [7, 11) is -3.58. The van der Waals surface area contributed by atoms with E-state index in [4.69, 9.17) is 9.88 Å². The molecule has 1 aromatic rings. The molecule has 0 spiro atoms. The van der Waals surface area contributed by atoms with Crippen molar-refractivity contribution in [1.29, 1.82) is 0 Å². The van der Waals surface area contributed by atoms with E-state index in [1.165, 1.54) is 12.1 Å². The van der Waals surface area contributed by atoms with Crippen LogP contribution in [0.25, 0.3) is 0 Å². The van der Waals surface area contributed by atoms with E-state index < -0.39 is 15.3 Å². The van der Waals surface area contributed by atoms with Gasteiger partial charge in [-0.05, 0) is 30.5 Å². The number of primary sulfonamides is 1. The Labute approximate surface area is 106 Å². The number of nitrogens with two attached hydrogens (primary N) is 1. The van der Waals surface area contributed by atoms with Gasteiger partial charge in [0.1, 0.15) is 5.82 Å². The van der Waals surface area contributed by atoms with E-state index in [1.807, 2.05) is 0 Å². The fourth-order valence-corrected chi connectivity index (χ4v) is 3.50. The number of ether oxygens (including phenoxy) is 1. The summed E-state index contributed by atoms with van der Waals surface area (Å²) < 4.78 is 41.4. The fourth-order valence-electron chi connectivity index (χ4n) is 2.37. The maximum absolute atomic E-state index is 13.1. The zero-order valence-corrected chi connectivity index (χ0v) is 10.7. The topological polar surface area (TPSA) is 69.4 Å². The number of benzene rings is 1. The first-order valence-electron chi connectivity index (χ1n) is 5.80. The second-order valence-corrected chi connectivity index (χ2v) is 6.37. The largest absolute Gasteiger partial charge is 0.381 e. The first-order valence-corrected chi connectivity index (χ1v) is 7.41. The van der Waals surface area contributed by atoms with Crippen LogP contribution in [0, 0.1) is 11.7 Å². The van der Waals surface area contributed by atoms with Gasteiger partial charge in [0.25, 0.3) is 0 Å². The summed E-state index contributed by atoms with van der Waals surface area (Å²) in [5, 5.41) is 4.62. The van der Waals surface area contributed by atoms with Crippen LogP contribution >= 0.6 is 0 Å². The van der Waals surface area contributed by atoms with E-state index in [9.17, 15) is 12.8 Å². The van der Waals surface area contributed by atoms with Crippen molar-refractivity contribution in [3.63, 3.8) is 0 Å². The molecule has 2 atom stereocenters. The second kappa shape index (κ2) is 5.34. The Balaban J connectivity index is 2.15. The Morgan fingerprint density at radius 3 is 2.89 bits per heavy atom. The summed E-state index contributed by atoms with van der Waals surface area (Å²) in [5.74, 6) is -0.535. The van der Waals surface area contributed by atoms with Crippen LogP contribution in [0.15, 0.2) is 24.3 Å². The lowest BCUT2D eigenvalue weighted by molar-refractivity contribution is 0.0572. The molecular weight excluding hydrogens is 257 g/mol. The van der Waals surface area contributed by atoms with Crippen LogP contribution in [-0.2, 0) is 21.2 Å². The summed E-state index contributed by atoms with van der Waals surface area (Å²) in [6.45, 7) is 0.748. The predicted octanol–water partition coefficient (Wildman–Crippen LogP) is 1.06. The zero-order valence-electron chi connectivity index (χ0n) is 9.88. The normalized spacial score (nSPS) is 25.0. The van der Waals surface area contributed by atoms with Crippen molar-refractivity contribution in [2.75, 3.05) is 13.2 Å². The molecule has 100 valence electrons. The molecule has 18 heavy (non-hydrogen) atoms. The summed E-state index contributed by atoms with van der Waals surface area (Å²) >= 11 is 0. The highest BCUT2D eigenvalue weighted by Crippen LogP contribution is 2.24. The minimum Gasteiger partial charge on any atom is -0.381 e. The monoisotopic (exact) mass is 273 g/mol. The maximum Gasteiger partial charge on any atom is 0.212 e. The van der Waals surface area contributed by atoms with Gasteiger partial charge in [-0.15, -0.1) is 0 Å². The standard InChI is InChI=1S/C12H16FNO3S/c13-11-3-1-2-9(7-11)6-10-8-17-5-4-12(10)18(14,15)16/h1-3,7,10,12H,4-6,8H2,(H2,14,15,16)/t10-,12+/m1/s1. The Morgan fingerprint density at radius 1 is 1.44 bits per heavy atom. The molecule has 1 saturated heterocycles. The highest BCUT2D eigenvalue weighted by molar-refractivity contribution is 7.89. The molecule has 1 aromatic carbocycles. The molecule has 6 heteroatoms. The van der Waals surface area contributed by atoms with Crippen LogP contribution in [0.3, 0.4) is 0 Å². The SMILES string of the molecule is NS(=O)(=O)[C@H]1CCOC[C@H]1Cc1cccc(F)c1. The fraction of sp³-hybridized carbons (Fsp3) is 0.500. The van der Waals surface area contributed by atoms with Crippen molar-refractivity contribution in [1.82, 2.24) is 0 Å². The predicted molar refractivity (Wildman–Crippen MR) is 65.9 cm³/mol. The lowest BCUT2D eigenvalue weighted by Gasteiger charge is -2.29. The van der Waals surface area contributed by atoms with Crippen molar-refractivity contribution < 1.29 is 17.5 Å². The summed E-state index contributed by atoms with van der Waals surface area (Å²) in [5.41, 5.74) is 0.763. The van der Waals surface area contributed by atoms with Gasteiger partial charge in [-0.2, -0.15) is 0 Å². The minimum absolute atomic E-state index is 0.212. The molecule has 0 unspecified atom stereocenters. The van der Waals surface area contributed by atoms with E-state index in [2.05, 4.69) is 0 Å². The van der Waals surface area contributed by atoms with Crippen molar-refractivity contribution in [3.05, 3.63) is 35.6 Å². The molecule has 2 rings (SSSR count). The maximum atomic E-state index is 13.1. The lowest BCUT2D eigenvalue weighted by Crippen LogP contribution is -2.42. The molecule has 0 amide bonds. The number of hydrogen-bond donors (Lipinski definition) is 1. The molecule has 0 aliphatic carbocycles. The zero-order chi connectivity index (χ0) is 13.2. The van der Waals surface area contributed by atoms with Crippen LogP contribution in [0.5, 0.6) is 0 Å². The van der Waals surface area contributed by atoms with Crippen LogP contribution in [-0.4, -0.2) is 26.9 Å². The summed E-state index contributed by atoms with van der Waals surface area (Å²) in [6, 6.07) is 6.16. The van der Waals surface area contributed by atoms with Crippen LogP contribution in [0.2, 0.25) is 0 Å². The number of halogens is 1. The molecular formula is C12H16FNO3S.